The molecule has 1 saturated carbocycles. The number of nitrogens with two attached hydrogens (primary N) is 1. The van der Waals surface area contributed by atoms with Gasteiger partial charge in [0, 0.05) is 12.4 Å². The highest BCUT2D eigenvalue weighted by Gasteiger charge is 2.25. The fourth-order valence-corrected chi connectivity index (χ4v) is 2.62. The molecule has 0 radical (unpaired) electrons. The Hall–Kier alpha value is -3.21. The average Bonchev–Trinajstić information content (AvgIpc) is 3.14. The number of amides is 1. The topological polar surface area (TPSA) is 115 Å². The van der Waals surface area contributed by atoms with E-state index in [-0.39, 0.29) is 5.69 Å². The average molecular weight is 307 g/mol. The zero-order valence-electron chi connectivity index (χ0n) is 12.2. The van der Waals surface area contributed by atoms with Gasteiger partial charge in [-0.15, -0.1) is 5.10 Å². The smallest absolute Gasteiger partial charge is 0.270 e. The summed E-state index contributed by atoms with van der Waals surface area (Å²) in [6.45, 7) is 0.353. The summed E-state index contributed by atoms with van der Waals surface area (Å²) < 4.78 is 3.38. The maximum Gasteiger partial charge on any atom is 0.270 e. The van der Waals surface area contributed by atoms with Crippen molar-refractivity contribution >= 4 is 11.6 Å². The molecule has 23 heavy (non-hydrogen) atoms. The number of hydrogen-bond donors (Lipinski definition) is 1. The van der Waals surface area contributed by atoms with Crippen molar-refractivity contribution in [1.29, 1.82) is 5.26 Å². The van der Waals surface area contributed by atoms with Crippen molar-refractivity contribution in [3.63, 3.8) is 0 Å². The van der Waals surface area contributed by atoms with E-state index in [4.69, 9.17) is 5.73 Å². The number of aromatic nitrogens is 5. The summed E-state index contributed by atoms with van der Waals surface area (Å²) in [4.78, 5) is 15.5. The summed E-state index contributed by atoms with van der Waals surface area (Å²) in [5.74, 6) is -0.0575. The molecule has 3 aromatic heterocycles. The first kappa shape index (κ1) is 13.5. The Morgan fingerprint density at radius 2 is 2.22 bits per heavy atom. The molecule has 8 heteroatoms. The molecule has 3 heterocycles. The quantitative estimate of drug-likeness (QED) is 0.766. The first-order valence-corrected chi connectivity index (χ1v) is 7.25. The molecule has 0 bridgehead atoms. The van der Waals surface area contributed by atoms with E-state index < -0.39 is 5.91 Å². The van der Waals surface area contributed by atoms with Crippen molar-refractivity contribution in [3.05, 3.63) is 47.2 Å². The summed E-state index contributed by atoms with van der Waals surface area (Å²) in [6, 6.07) is 4.13. The van der Waals surface area contributed by atoms with Crippen LogP contribution in [0.3, 0.4) is 0 Å². The number of carbonyl (C=O) groups is 1. The van der Waals surface area contributed by atoms with Crippen molar-refractivity contribution < 1.29 is 4.79 Å². The van der Waals surface area contributed by atoms with Gasteiger partial charge in [0.25, 0.3) is 5.91 Å². The predicted octanol–water partition coefficient (Wildman–Crippen LogP) is 0.822. The second-order valence-electron chi connectivity index (χ2n) is 5.70. The second kappa shape index (κ2) is 4.91. The van der Waals surface area contributed by atoms with Gasteiger partial charge in [-0.05, 0) is 30.4 Å². The number of primary amides is 1. The summed E-state index contributed by atoms with van der Waals surface area (Å²) in [5.41, 5.74) is 8.37. The summed E-state index contributed by atoms with van der Waals surface area (Å²) in [5, 5.41) is 16.9. The maximum absolute atomic E-state index is 11.0. The van der Waals surface area contributed by atoms with Gasteiger partial charge in [-0.1, -0.05) is 5.21 Å². The number of rotatable bonds is 4. The van der Waals surface area contributed by atoms with Gasteiger partial charge in [0.2, 0.25) is 0 Å². The van der Waals surface area contributed by atoms with E-state index in [0.29, 0.717) is 23.7 Å². The molecule has 3 aromatic rings. The molecule has 1 amide bonds. The van der Waals surface area contributed by atoms with Crippen LogP contribution >= 0.6 is 0 Å². The normalized spacial score (nSPS) is 14.0. The zero-order chi connectivity index (χ0) is 16.0. The van der Waals surface area contributed by atoms with Crippen molar-refractivity contribution in [3.8, 4) is 6.07 Å². The highest BCUT2D eigenvalue weighted by Crippen LogP contribution is 2.40. The Bertz CT molecular complexity index is 958. The molecule has 0 atom stereocenters. The van der Waals surface area contributed by atoms with Crippen LogP contribution in [0.1, 0.15) is 46.1 Å². The van der Waals surface area contributed by atoms with E-state index >= 15 is 0 Å². The van der Waals surface area contributed by atoms with Crippen molar-refractivity contribution in [2.24, 2.45) is 5.73 Å². The summed E-state index contributed by atoms with van der Waals surface area (Å²) >= 11 is 0. The molecule has 4 rings (SSSR count). The third-order valence-electron chi connectivity index (χ3n) is 3.91. The van der Waals surface area contributed by atoms with Crippen LogP contribution in [-0.2, 0) is 6.54 Å². The second-order valence-corrected chi connectivity index (χ2v) is 5.70. The molecule has 1 aliphatic rings. The third kappa shape index (κ3) is 2.42. The van der Waals surface area contributed by atoms with Crippen LogP contribution in [0.25, 0.3) is 5.65 Å². The molecule has 1 aliphatic carbocycles. The van der Waals surface area contributed by atoms with E-state index in [1.165, 1.54) is 29.3 Å². The van der Waals surface area contributed by atoms with Gasteiger partial charge < -0.3 is 10.1 Å². The molecular formula is C15H13N7O. The lowest BCUT2D eigenvalue weighted by atomic mass is 10.1. The number of nitrogens with zero attached hydrogens (tertiary/aromatic N) is 6. The van der Waals surface area contributed by atoms with Crippen molar-refractivity contribution in [2.45, 2.75) is 25.3 Å². The van der Waals surface area contributed by atoms with Crippen molar-refractivity contribution in [2.75, 3.05) is 0 Å². The SMILES string of the molecule is N#Cc1cc(C2CC2)cn2cc(Cn3cc(C(N)=O)nn3)nc12. The number of imidazole rings is 1. The van der Waals surface area contributed by atoms with Crippen LogP contribution < -0.4 is 5.73 Å². The molecule has 1 fully saturated rings. The molecule has 0 saturated heterocycles. The van der Waals surface area contributed by atoms with Gasteiger partial charge in [-0.25, -0.2) is 9.67 Å². The third-order valence-corrected chi connectivity index (χ3v) is 3.91. The summed E-state index contributed by atoms with van der Waals surface area (Å²) in [6.07, 6.45) is 7.72. The lowest BCUT2D eigenvalue weighted by Crippen LogP contribution is -2.11. The zero-order valence-corrected chi connectivity index (χ0v) is 12.2. The molecule has 0 aliphatic heterocycles. The van der Waals surface area contributed by atoms with Crippen molar-refractivity contribution in [1.82, 2.24) is 24.4 Å². The van der Waals surface area contributed by atoms with Gasteiger partial charge in [-0.3, -0.25) is 4.79 Å². The number of nitriles is 1. The monoisotopic (exact) mass is 307 g/mol. The Morgan fingerprint density at radius 3 is 2.87 bits per heavy atom. The molecule has 2 N–H and O–H groups in total. The minimum atomic E-state index is -0.618. The molecule has 114 valence electrons. The van der Waals surface area contributed by atoms with Crippen LogP contribution in [0.4, 0.5) is 0 Å². The van der Waals surface area contributed by atoms with Gasteiger partial charge in [0.15, 0.2) is 11.3 Å². The van der Waals surface area contributed by atoms with E-state index in [1.807, 2.05) is 22.9 Å². The van der Waals surface area contributed by atoms with Crippen LogP contribution in [-0.4, -0.2) is 30.3 Å². The standard InChI is InChI=1S/C15H13N7O/c16-4-10-3-11(9-1-2-9)5-21-6-12(18-15(10)21)7-22-8-13(14(17)23)19-20-22/h3,5-6,8-9H,1-2,7H2,(H2,17,23). The predicted molar refractivity (Wildman–Crippen MR) is 79.5 cm³/mol. The molecular weight excluding hydrogens is 294 g/mol. The summed E-state index contributed by atoms with van der Waals surface area (Å²) in [7, 11) is 0. The Kier molecular flexibility index (Phi) is 2.87. The highest BCUT2D eigenvalue weighted by molar-refractivity contribution is 5.90. The van der Waals surface area contributed by atoms with E-state index in [1.54, 1.807) is 0 Å². The first-order chi connectivity index (χ1) is 11.1. The van der Waals surface area contributed by atoms with Crippen LogP contribution in [0.5, 0.6) is 0 Å². The van der Waals surface area contributed by atoms with Crippen LogP contribution in [0, 0.1) is 11.3 Å². The lowest BCUT2D eigenvalue weighted by molar-refractivity contribution is 0.0995. The van der Waals surface area contributed by atoms with Gasteiger partial charge in [0.1, 0.15) is 6.07 Å². The van der Waals surface area contributed by atoms with E-state index in [0.717, 1.165) is 5.69 Å². The fraction of sp³-hybridized carbons (Fsp3) is 0.267. The number of fused-ring (bicyclic) bond motifs is 1. The molecule has 8 nitrogen and oxygen atoms in total. The molecule has 0 aromatic carbocycles. The number of carbonyl (C=O) groups excluding carboxylic acids is 1. The Morgan fingerprint density at radius 1 is 1.39 bits per heavy atom. The minimum absolute atomic E-state index is 0.113. The number of pyridine rings is 1. The number of hydrogen-bond acceptors (Lipinski definition) is 5. The van der Waals surface area contributed by atoms with Gasteiger partial charge in [-0.2, -0.15) is 5.26 Å². The van der Waals surface area contributed by atoms with Crippen LogP contribution in [0.15, 0.2) is 24.7 Å². The minimum Gasteiger partial charge on any atom is -0.364 e. The first-order valence-electron chi connectivity index (χ1n) is 7.25. The molecule has 0 spiro atoms. The largest absolute Gasteiger partial charge is 0.364 e. The van der Waals surface area contributed by atoms with E-state index in [9.17, 15) is 10.1 Å². The van der Waals surface area contributed by atoms with Gasteiger partial charge >= 0.3 is 0 Å². The highest BCUT2D eigenvalue weighted by atomic mass is 16.1. The van der Waals surface area contributed by atoms with E-state index in [2.05, 4.69) is 21.4 Å². The van der Waals surface area contributed by atoms with Crippen LogP contribution in [0.2, 0.25) is 0 Å². The Balaban J connectivity index is 1.70. The maximum atomic E-state index is 11.0. The van der Waals surface area contributed by atoms with Gasteiger partial charge in [0.05, 0.1) is 24.0 Å². The molecule has 0 unspecified atom stereocenters. The lowest BCUT2D eigenvalue weighted by Gasteiger charge is -2.01. The Labute approximate surface area is 131 Å². The fourth-order valence-electron chi connectivity index (χ4n) is 2.62.